The summed E-state index contributed by atoms with van der Waals surface area (Å²) in [5.41, 5.74) is 0.636. The molecule has 2 aromatic rings. The second-order valence-corrected chi connectivity index (χ2v) is 5.72. The third-order valence-electron chi connectivity index (χ3n) is 3.73. The van der Waals surface area contributed by atoms with Crippen molar-refractivity contribution in [3.05, 3.63) is 59.2 Å². The van der Waals surface area contributed by atoms with Gasteiger partial charge in [0.25, 0.3) is 5.91 Å². The Morgan fingerprint density at radius 1 is 1.18 bits per heavy atom. The van der Waals surface area contributed by atoms with Gasteiger partial charge in [-0.2, -0.15) is 0 Å². The topological polar surface area (TPSA) is 42.4 Å². The maximum absolute atomic E-state index is 12.4. The van der Waals surface area contributed by atoms with E-state index < -0.39 is 0 Å². The molecule has 1 amide bonds. The van der Waals surface area contributed by atoms with Gasteiger partial charge in [0.15, 0.2) is 0 Å². The number of hydrogen-bond donors (Lipinski definition) is 0. The van der Waals surface area contributed by atoms with Crippen molar-refractivity contribution < 1.29 is 9.53 Å². The maximum Gasteiger partial charge on any atom is 0.253 e. The number of likely N-dealkylation sites (tertiary alicyclic amines) is 1. The quantitative estimate of drug-likeness (QED) is 0.871. The van der Waals surface area contributed by atoms with Crippen molar-refractivity contribution in [2.45, 2.75) is 18.9 Å². The molecule has 0 atom stereocenters. The minimum absolute atomic E-state index is 0.0267. The fraction of sp³-hybridized carbons (Fsp3) is 0.294. The first-order valence-electron chi connectivity index (χ1n) is 7.35. The Labute approximate surface area is 134 Å². The first-order chi connectivity index (χ1) is 10.7. The predicted octanol–water partition coefficient (Wildman–Crippen LogP) is 3.42. The molecule has 114 valence electrons. The van der Waals surface area contributed by atoms with E-state index in [1.54, 1.807) is 30.5 Å². The molecule has 3 rings (SSSR count). The predicted molar refractivity (Wildman–Crippen MR) is 85.2 cm³/mol. The second-order valence-electron chi connectivity index (χ2n) is 5.29. The van der Waals surface area contributed by atoms with Gasteiger partial charge in [0.1, 0.15) is 6.10 Å². The number of amides is 1. The van der Waals surface area contributed by atoms with Crippen LogP contribution in [0.3, 0.4) is 0 Å². The SMILES string of the molecule is O=C(c1cccc(Cl)c1)N1CCC(Oc2ccccn2)CC1. The molecule has 1 aromatic heterocycles. The monoisotopic (exact) mass is 316 g/mol. The molecule has 1 aliphatic heterocycles. The molecule has 4 nitrogen and oxygen atoms in total. The molecule has 22 heavy (non-hydrogen) atoms. The van der Waals surface area contributed by atoms with Crippen molar-refractivity contribution >= 4 is 17.5 Å². The van der Waals surface area contributed by atoms with Crippen molar-refractivity contribution in [2.75, 3.05) is 13.1 Å². The van der Waals surface area contributed by atoms with Gasteiger partial charge in [-0.15, -0.1) is 0 Å². The summed E-state index contributed by atoms with van der Waals surface area (Å²) in [6, 6.07) is 12.7. The third-order valence-corrected chi connectivity index (χ3v) is 3.96. The number of carbonyl (C=O) groups is 1. The Hall–Kier alpha value is -2.07. The van der Waals surface area contributed by atoms with E-state index in [1.165, 1.54) is 0 Å². The van der Waals surface area contributed by atoms with Crippen LogP contribution >= 0.6 is 11.6 Å². The lowest BCUT2D eigenvalue weighted by molar-refractivity contribution is 0.0588. The molecule has 2 heterocycles. The van der Waals surface area contributed by atoms with Crippen LogP contribution in [0.25, 0.3) is 0 Å². The van der Waals surface area contributed by atoms with Crippen LogP contribution in [0.4, 0.5) is 0 Å². The van der Waals surface area contributed by atoms with Crippen LogP contribution in [0.2, 0.25) is 5.02 Å². The van der Waals surface area contributed by atoms with E-state index in [-0.39, 0.29) is 12.0 Å². The molecule has 0 saturated carbocycles. The summed E-state index contributed by atoms with van der Waals surface area (Å²) in [7, 11) is 0. The van der Waals surface area contributed by atoms with Crippen molar-refractivity contribution in [3.63, 3.8) is 0 Å². The number of benzene rings is 1. The highest BCUT2D eigenvalue weighted by Gasteiger charge is 2.24. The Balaban J connectivity index is 1.56. The molecule has 0 N–H and O–H groups in total. The maximum atomic E-state index is 12.4. The fourth-order valence-corrected chi connectivity index (χ4v) is 2.76. The number of hydrogen-bond acceptors (Lipinski definition) is 3. The Kier molecular flexibility index (Phi) is 4.59. The van der Waals surface area contributed by atoms with Crippen molar-refractivity contribution in [1.29, 1.82) is 0 Å². The minimum atomic E-state index is 0.0267. The Morgan fingerprint density at radius 3 is 2.68 bits per heavy atom. The molecule has 0 spiro atoms. The van der Waals surface area contributed by atoms with Crippen LogP contribution in [0.5, 0.6) is 5.88 Å². The summed E-state index contributed by atoms with van der Waals surface area (Å²) in [5, 5.41) is 0.583. The van der Waals surface area contributed by atoms with Crippen LogP contribution in [0, 0.1) is 0 Å². The number of rotatable bonds is 3. The highest BCUT2D eigenvalue weighted by atomic mass is 35.5. The number of nitrogens with zero attached hydrogens (tertiary/aromatic N) is 2. The normalized spacial score (nSPS) is 15.6. The Bertz CT molecular complexity index is 640. The summed E-state index contributed by atoms with van der Waals surface area (Å²) >= 11 is 5.94. The summed E-state index contributed by atoms with van der Waals surface area (Å²) < 4.78 is 5.84. The highest BCUT2D eigenvalue weighted by Crippen LogP contribution is 2.19. The summed E-state index contributed by atoms with van der Waals surface area (Å²) in [6.45, 7) is 1.37. The molecular formula is C17H17ClN2O2. The standard InChI is InChI=1S/C17H17ClN2O2/c18-14-5-3-4-13(12-14)17(21)20-10-7-15(8-11-20)22-16-6-1-2-9-19-16/h1-6,9,12,15H,7-8,10-11H2. The number of ether oxygens (including phenoxy) is 1. The van der Waals surface area contributed by atoms with E-state index in [4.69, 9.17) is 16.3 Å². The molecule has 0 bridgehead atoms. The molecular weight excluding hydrogens is 300 g/mol. The molecule has 5 heteroatoms. The average molecular weight is 317 g/mol. The van der Waals surface area contributed by atoms with Gasteiger partial charge in [-0.1, -0.05) is 23.7 Å². The molecule has 1 fully saturated rings. The van der Waals surface area contributed by atoms with Gasteiger partial charge in [0.05, 0.1) is 0 Å². The van der Waals surface area contributed by atoms with Gasteiger partial charge in [0, 0.05) is 48.8 Å². The number of pyridine rings is 1. The largest absolute Gasteiger partial charge is 0.474 e. The number of aromatic nitrogens is 1. The van der Waals surface area contributed by atoms with E-state index in [0.29, 0.717) is 29.6 Å². The smallest absolute Gasteiger partial charge is 0.253 e. The molecule has 0 radical (unpaired) electrons. The van der Waals surface area contributed by atoms with Gasteiger partial charge >= 0.3 is 0 Å². The minimum Gasteiger partial charge on any atom is -0.474 e. The van der Waals surface area contributed by atoms with Crippen LogP contribution in [-0.4, -0.2) is 35.0 Å². The molecule has 0 unspecified atom stereocenters. The van der Waals surface area contributed by atoms with E-state index in [0.717, 1.165) is 12.8 Å². The van der Waals surface area contributed by atoms with Crippen LogP contribution in [0.15, 0.2) is 48.7 Å². The molecule has 1 saturated heterocycles. The highest BCUT2D eigenvalue weighted by molar-refractivity contribution is 6.30. The average Bonchev–Trinajstić information content (AvgIpc) is 2.56. The number of carbonyl (C=O) groups excluding carboxylic acids is 1. The molecule has 1 aromatic carbocycles. The summed E-state index contributed by atoms with van der Waals surface area (Å²) in [5.74, 6) is 0.668. The second kappa shape index (κ2) is 6.79. The summed E-state index contributed by atoms with van der Waals surface area (Å²) in [6.07, 6.45) is 3.44. The lowest BCUT2D eigenvalue weighted by Gasteiger charge is -2.32. The van der Waals surface area contributed by atoms with Crippen molar-refractivity contribution in [2.24, 2.45) is 0 Å². The van der Waals surface area contributed by atoms with Gasteiger partial charge in [-0.3, -0.25) is 4.79 Å². The van der Waals surface area contributed by atoms with Crippen LogP contribution < -0.4 is 4.74 Å². The first-order valence-corrected chi connectivity index (χ1v) is 7.73. The third kappa shape index (κ3) is 3.57. The van der Waals surface area contributed by atoms with Gasteiger partial charge in [0.2, 0.25) is 5.88 Å². The van der Waals surface area contributed by atoms with Crippen LogP contribution in [-0.2, 0) is 0 Å². The van der Waals surface area contributed by atoms with E-state index in [1.807, 2.05) is 23.1 Å². The van der Waals surface area contributed by atoms with Crippen LogP contribution in [0.1, 0.15) is 23.2 Å². The zero-order valence-electron chi connectivity index (χ0n) is 12.1. The molecule has 0 aliphatic carbocycles. The van der Waals surface area contributed by atoms with E-state index in [9.17, 15) is 4.79 Å². The van der Waals surface area contributed by atoms with Crippen molar-refractivity contribution in [3.8, 4) is 5.88 Å². The van der Waals surface area contributed by atoms with Crippen molar-refractivity contribution in [1.82, 2.24) is 9.88 Å². The lowest BCUT2D eigenvalue weighted by Crippen LogP contribution is -2.41. The Morgan fingerprint density at radius 2 is 2.00 bits per heavy atom. The van der Waals surface area contributed by atoms with Gasteiger partial charge in [-0.05, 0) is 24.3 Å². The molecule has 1 aliphatic rings. The summed E-state index contributed by atoms with van der Waals surface area (Å²) in [4.78, 5) is 18.4. The van der Waals surface area contributed by atoms with Gasteiger partial charge in [-0.25, -0.2) is 4.98 Å². The zero-order chi connectivity index (χ0) is 15.4. The number of piperidine rings is 1. The van der Waals surface area contributed by atoms with Gasteiger partial charge < -0.3 is 9.64 Å². The first kappa shape index (κ1) is 14.9. The van der Waals surface area contributed by atoms with E-state index in [2.05, 4.69) is 4.98 Å². The van der Waals surface area contributed by atoms with E-state index >= 15 is 0 Å². The number of halogens is 1. The zero-order valence-corrected chi connectivity index (χ0v) is 12.9. The fourth-order valence-electron chi connectivity index (χ4n) is 2.57. The lowest BCUT2D eigenvalue weighted by atomic mass is 10.1.